The van der Waals surface area contributed by atoms with Gasteiger partial charge in [0.1, 0.15) is 17.3 Å². The van der Waals surface area contributed by atoms with Crippen LogP contribution >= 0.6 is 23.8 Å². The minimum Gasteiger partial charge on any atom is -0.489 e. The molecule has 0 unspecified atom stereocenters. The molecule has 0 heterocycles. The molecular weight excluding hydrogens is 278 g/mol. The Morgan fingerprint density at radius 3 is 2.47 bits per heavy atom. The van der Waals surface area contributed by atoms with Gasteiger partial charge >= 0.3 is 0 Å². The monoisotopic (exact) mass is 291 g/mol. The van der Waals surface area contributed by atoms with Crippen LogP contribution in [0.5, 0.6) is 5.75 Å². The standard InChI is InChI=1S/C15H14ClNOS/c1-10-8-13(6-7-14(10)16)18-9-11-2-4-12(5-3-11)15(17)19/h2-8H,9H2,1H3,(H2,17,19). The van der Waals surface area contributed by atoms with E-state index in [4.69, 9.17) is 34.3 Å². The molecule has 2 aromatic carbocycles. The fourth-order valence-electron chi connectivity index (χ4n) is 1.64. The summed E-state index contributed by atoms with van der Waals surface area (Å²) in [6.45, 7) is 2.45. The highest BCUT2D eigenvalue weighted by Crippen LogP contribution is 2.21. The average molecular weight is 292 g/mol. The second-order valence-electron chi connectivity index (χ2n) is 4.26. The van der Waals surface area contributed by atoms with Crippen molar-refractivity contribution in [3.8, 4) is 5.75 Å². The smallest absolute Gasteiger partial charge is 0.120 e. The van der Waals surface area contributed by atoms with Gasteiger partial charge in [0, 0.05) is 10.6 Å². The molecule has 2 N–H and O–H groups in total. The fraction of sp³-hybridized carbons (Fsp3) is 0.133. The number of rotatable bonds is 4. The Morgan fingerprint density at radius 2 is 1.89 bits per heavy atom. The predicted molar refractivity (Wildman–Crippen MR) is 82.9 cm³/mol. The van der Waals surface area contributed by atoms with E-state index in [0.717, 1.165) is 27.5 Å². The second kappa shape index (κ2) is 6.04. The molecule has 2 nitrogen and oxygen atoms in total. The number of benzene rings is 2. The molecule has 0 saturated heterocycles. The van der Waals surface area contributed by atoms with Gasteiger partial charge in [-0.05, 0) is 36.2 Å². The van der Waals surface area contributed by atoms with E-state index in [1.807, 2.05) is 49.4 Å². The van der Waals surface area contributed by atoms with Crippen molar-refractivity contribution in [2.75, 3.05) is 0 Å². The lowest BCUT2D eigenvalue weighted by Gasteiger charge is -2.08. The molecule has 0 aliphatic carbocycles. The molecule has 19 heavy (non-hydrogen) atoms. The van der Waals surface area contributed by atoms with Gasteiger partial charge in [0.15, 0.2) is 0 Å². The molecule has 0 fully saturated rings. The number of ether oxygens (including phenoxy) is 1. The number of thiocarbonyl (C=S) groups is 1. The van der Waals surface area contributed by atoms with Crippen molar-refractivity contribution >= 4 is 28.8 Å². The molecule has 0 amide bonds. The highest BCUT2D eigenvalue weighted by molar-refractivity contribution is 7.80. The Kier molecular flexibility index (Phi) is 4.40. The molecule has 0 aliphatic heterocycles. The third-order valence-corrected chi connectivity index (χ3v) is 3.43. The Labute approximate surface area is 123 Å². The maximum Gasteiger partial charge on any atom is 0.120 e. The van der Waals surface area contributed by atoms with Crippen LogP contribution in [0.25, 0.3) is 0 Å². The summed E-state index contributed by atoms with van der Waals surface area (Å²) in [6.07, 6.45) is 0. The quantitative estimate of drug-likeness (QED) is 0.869. The molecule has 4 heteroatoms. The second-order valence-corrected chi connectivity index (χ2v) is 5.11. The lowest BCUT2D eigenvalue weighted by molar-refractivity contribution is 0.306. The first-order valence-electron chi connectivity index (χ1n) is 5.84. The van der Waals surface area contributed by atoms with Crippen molar-refractivity contribution in [1.82, 2.24) is 0 Å². The number of hydrogen-bond acceptors (Lipinski definition) is 2. The van der Waals surface area contributed by atoms with Crippen LogP contribution in [-0.4, -0.2) is 4.99 Å². The van der Waals surface area contributed by atoms with Crippen LogP contribution in [0.1, 0.15) is 16.7 Å². The first kappa shape index (κ1) is 13.8. The Morgan fingerprint density at radius 1 is 1.21 bits per heavy atom. The minimum atomic E-state index is 0.404. The van der Waals surface area contributed by atoms with Gasteiger partial charge in [0.05, 0.1) is 0 Å². The van der Waals surface area contributed by atoms with Crippen LogP contribution in [0.3, 0.4) is 0 Å². The van der Waals surface area contributed by atoms with Crippen LogP contribution in [0.2, 0.25) is 5.02 Å². The lowest BCUT2D eigenvalue weighted by Crippen LogP contribution is -2.09. The Bertz CT molecular complexity index is 596. The third-order valence-electron chi connectivity index (χ3n) is 2.77. The minimum absolute atomic E-state index is 0.404. The van der Waals surface area contributed by atoms with Gasteiger partial charge in [-0.2, -0.15) is 0 Å². The van der Waals surface area contributed by atoms with Crippen molar-refractivity contribution in [2.24, 2.45) is 5.73 Å². The van der Waals surface area contributed by atoms with E-state index in [1.165, 1.54) is 0 Å². The average Bonchev–Trinajstić information content (AvgIpc) is 2.40. The van der Waals surface area contributed by atoms with Crippen molar-refractivity contribution < 1.29 is 4.74 Å². The van der Waals surface area contributed by atoms with Crippen LogP contribution in [0.4, 0.5) is 0 Å². The van der Waals surface area contributed by atoms with Gasteiger partial charge in [-0.25, -0.2) is 0 Å². The zero-order valence-corrected chi connectivity index (χ0v) is 12.1. The molecule has 2 rings (SSSR count). The van der Waals surface area contributed by atoms with E-state index in [9.17, 15) is 0 Å². The fourth-order valence-corrected chi connectivity index (χ4v) is 1.89. The van der Waals surface area contributed by atoms with E-state index in [2.05, 4.69) is 0 Å². The molecule has 0 atom stereocenters. The van der Waals surface area contributed by atoms with Gasteiger partial charge < -0.3 is 10.5 Å². The van der Waals surface area contributed by atoms with Crippen molar-refractivity contribution in [3.05, 3.63) is 64.2 Å². The molecule has 98 valence electrons. The van der Waals surface area contributed by atoms with E-state index < -0.39 is 0 Å². The first-order valence-corrected chi connectivity index (χ1v) is 6.62. The molecule has 0 aromatic heterocycles. The summed E-state index contributed by atoms with van der Waals surface area (Å²) < 4.78 is 5.71. The van der Waals surface area contributed by atoms with Crippen LogP contribution < -0.4 is 10.5 Å². The molecule has 0 spiro atoms. The third kappa shape index (κ3) is 3.69. The highest BCUT2D eigenvalue weighted by atomic mass is 35.5. The highest BCUT2D eigenvalue weighted by Gasteiger charge is 2.01. The number of nitrogens with two attached hydrogens (primary N) is 1. The Hall–Kier alpha value is -1.58. The Balaban J connectivity index is 2.01. The van der Waals surface area contributed by atoms with Gasteiger partial charge in [0.25, 0.3) is 0 Å². The zero-order valence-electron chi connectivity index (χ0n) is 10.5. The van der Waals surface area contributed by atoms with E-state index >= 15 is 0 Å². The summed E-state index contributed by atoms with van der Waals surface area (Å²) in [5.74, 6) is 0.806. The lowest BCUT2D eigenvalue weighted by atomic mass is 10.1. The largest absolute Gasteiger partial charge is 0.489 e. The molecule has 0 saturated carbocycles. The number of halogens is 1. The van der Waals surface area contributed by atoms with Gasteiger partial charge in [0.2, 0.25) is 0 Å². The molecule has 0 bridgehead atoms. The predicted octanol–water partition coefficient (Wildman–Crippen LogP) is 3.86. The summed E-state index contributed by atoms with van der Waals surface area (Å²) in [7, 11) is 0. The molecular formula is C15H14ClNOS. The summed E-state index contributed by atoms with van der Waals surface area (Å²) >= 11 is 10.9. The summed E-state index contributed by atoms with van der Waals surface area (Å²) in [6, 6.07) is 13.3. The van der Waals surface area contributed by atoms with Gasteiger partial charge in [-0.3, -0.25) is 0 Å². The SMILES string of the molecule is Cc1cc(OCc2ccc(C(N)=S)cc2)ccc1Cl. The maximum atomic E-state index is 5.97. The molecule has 2 aromatic rings. The normalized spacial score (nSPS) is 10.2. The zero-order chi connectivity index (χ0) is 13.8. The van der Waals surface area contributed by atoms with Gasteiger partial charge in [-0.1, -0.05) is 48.1 Å². The maximum absolute atomic E-state index is 5.97. The topological polar surface area (TPSA) is 35.2 Å². The van der Waals surface area contributed by atoms with Crippen LogP contribution in [-0.2, 0) is 6.61 Å². The van der Waals surface area contributed by atoms with E-state index in [1.54, 1.807) is 0 Å². The summed E-state index contributed by atoms with van der Waals surface area (Å²) in [5.41, 5.74) is 8.47. The first-order chi connectivity index (χ1) is 9.06. The number of aryl methyl sites for hydroxylation is 1. The van der Waals surface area contributed by atoms with Crippen molar-refractivity contribution in [2.45, 2.75) is 13.5 Å². The van der Waals surface area contributed by atoms with E-state index in [-0.39, 0.29) is 0 Å². The van der Waals surface area contributed by atoms with Crippen LogP contribution in [0.15, 0.2) is 42.5 Å². The molecule has 0 radical (unpaired) electrons. The molecule has 0 aliphatic rings. The summed E-state index contributed by atoms with van der Waals surface area (Å²) in [5, 5.41) is 0.744. The van der Waals surface area contributed by atoms with Gasteiger partial charge in [-0.15, -0.1) is 0 Å². The van der Waals surface area contributed by atoms with Crippen molar-refractivity contribution in [3.63, 3.8) is 0 Å². The van der Waals surface area contributed by atoms with Crippen LogP contribution in [0, 0.1) is 6.92 Å². The van der Waals surface area contributed by atoms with E-state index in [0.29, 0.717) is 11.6 Å². The summed E-state index contributed by atoms with van der Waals surface area (Å²) in [4.78, 5) is 0.404. The van der Waals surface area contributed by atoms with Crippen molar-refractivity contribution in [1.29, 1.82) is 0 Å². The number of hydrogen-bond donors (Lipinski definition) is 1.